The number of hydrogen-bond acceptors (Lipinski definition) is 1. The average Bonchev–Trinajstić information content (AvgIpc) is 2.40. The molecule has 1 saturated heterocycles. The maximum Gasteiger partial charge on any atom is 0.0632 e. The van der Waals surface area contributed by atoms with Gasteiger partial charge in [-0.1, -0.05) is 26.2 Å². The van der Waals surface area contributed by atoms with Crippen LogP contribution in [0.5, 0.6) is 0 Å². The molecule has 0 radical (unpaired) electrons. The molecule has 1 nitrogen and oxygen atoms in total. The summed E-state index contributed by atoms with van der Waals surface area (Å²) < 4.78 is 5.83. The highest BCUT2D eigenvalue weighted by molar-refractivity contribution is 4.92. The Bertz CT molecular complexity index is 155. The number of hydrogen-bond donors (Lipinski definition) is 0. The van der Waals surface area contributed by atoms with Crippen LogP contribution in [0.1, 0.15) is 51.9 Å². The van der Waals surface area contributed by atoms with Crippen molar-refractivity contribution >= 4 is 0 Å². The molecular formula is C11H20O. The molecule has 2 aliphatic rings. The van der Waals surface area contributed by atoms with Gasteiger partial charge in [0.25, 0.3) is 0 Å². The molecule has 0 amide bonds. The van der Waals surface area contributed by atoms with E-state index in [2.05, 4.69) is 6.92 Å². The van der Waals surface area contributed by atoms with E-state index in [4.69, 9.17) is 4.74 Å². The van der Waals surface area contributed by atoms with Crippen molar-refractivity contribution in [2.75, 3.05) is 6.61 Å². The monoisotopic (exact) mass is 168 g/mol. The lowest BCUT2D eigenvalue weighted by atomic mass is 9.75. The minimum atomic E-state index is 0.594. The third-order valence-electron chi connectivity index (χ3n) is 3.95. The molecule has 0 aromatic carbocycles. The van der Waals surface area contributed by atoms with E-state index >= 15 is 0 Å². The lowest BCUT2D eigenvalue weighted by molar-refractivity contribution is 0.0410. The van der Waals surface area contributed by atoms with Crippen molar-refractivity contribution < 1.29 is 4.74 Å². The maximum absolute atomic E-state index is 5.83. The van der Waals surface area contributed by atoms with Gasteiger partial charge in [0.15, 0.2) is 0 Å². The summed E-state index contributed by atoms with van der Waals surface area (Å²) in [5.74, 6) is 0. The lowest BCUT2D eigenvalue weighted by Crippen LogP contribution is -2.28. The first-order valence-corrected chi connectivity index (χ1v) is 5.49. The fourth-order valence-electron chi connectivity index (χ4n) is 2.98. The number of ether oxygens (including phenoxy) is 1. The fourth-order valence-corrected chi connectivity index (χ4v) is 2.98. The maximum atomic E-state index is 5.83. The summed E-state index contributed by atoms with van der Waals surface area (Å²) in [5.41, 5.74) is 0.594. The second kappa shape index (κ2) is 3.37. The standard InChI is InChI=1S/C11H20O/c1-2-11-7-5-3-4-6-10(11)12-9-8-11/h10H,2-9H2,1H3/t10-,11+/m0/s1. The molecule has 2 atom stereocenters. The van der Waals surface area contributed by atoms with Gasteiger partial charge in [-0.15, -0.1) is 0 Å². The topological polar surface area (TPSA) is 9.23 Å². The molecule has 1 heterocycles. The van der Waals surface area contributed by atoms with Gasteiger partial charge in [0, 0.05) is 6.61 Å². The zero-order valence-corrected chi connectivity index (χ0v) is 8.14. The van der Waals surface area contributed by atoms with Crippen LogP contribution >= 0.6 is 0 Å². The molecule has 70 valence electrons. The zero-order valence-electron chi connectivity index (χ0n) is 8.14. The molecule has 0 aromatic heterocycles. The molecule has 1 heteroatoms. The molecule has 1 aliphatic heterocycles. The highest BCUT2D eigenvalue weighted by Crippen LogP contribution is 2.46. The van der Waals surface area contributed by atoms with Gasteiger partial charge in [-0.05, 0) is 31.1 Å². The van der Waals surface area contributed by atoms with Crippen molar-refractivity contribution in [3.05, 3.63) is 0 Å². The lowest BCUT2D eigenvalue weighted by Gasteiger charge is -2.31. The quantitative estimate of drug-likeness (QED) is 0.584. The first-order chi connectivity index (χ1) is 5.87. The molecule has 2 rings (SSSR count). The van der Waals surface area contributed by atoms with E-state index in [1.807, 2.05) is 0 Å². The van der Waals surface area contributed by atoms with Crippen LogP contribution in [0.25, 0.3) is 0 Å². The first kappa shape index (κ1) is 8.55. The van der Waals surface area contributed by atoms with Gasteiger partial charge in [-0.2, -0.15) is 0 Å². The summed E-state index contributed by atoms with van der Waals surface area (Å²) in [5, 5.41) is 0. The molecule has 0 aromatic rings. The third-order valence-corrected chi connectivity index (χ3v) is 3.95. The largest absolute Gasteiger partial charge is 0.378 e. The van der Waals surface area contributed by atoms with Gasteiger partial charge in [-0.25, -0.2) is 0 Å². The summed E-state index contributed by atoms with van der Waals surface area (Å²) >= 11 is 0. The van der Waals surface area contributed by atoms with Gasteiger partial charge in [-0.3, -0.25) is 0 Å². The van der Waals surface area contributed by atoms with Crippen molar-refractivity contribution in [1.82, 2.24) is 0 Å². The first-order valence-electron chi connectivity index (χ1n) is 5.49. The summed E-state index contributed by atoms with van der Waals surface area (Å²) in [6.45, 7) is 3.37. The smallest absolute Gasteiger partial charge is 0.0632 e. The highest BCUT2D eigenvalue weighted by atomic mass is 16.5. The van der Waals surface area contributed by atoms with Crippen LogP contribution in [0.15, 0.2) is 0 Å². The molecule has 0 spiro atoms. The summed E-state index contributed by atoms with van der Waals surface area (Å²) in [4.78, 5) is 0. The van der Waals surface area contributed by atoms with E-state index in [9.17, 15) is 0 Å². The normalized spacial score (nSPS) is 42.2. The Labute approximate surface area is 75.5 Å². The van der Waals surface area contributed by atoms with Crippen molar-refractivity contribution in [3.63, 3.8) is 0 Å². The second-order valence-corrected chi connectivity index (χ2v) is 4.42. The van der Waals surface area contributed by atoms with Crippen molar-refractivity contribution in [2.24, 2.45) is 5.41 Å². The molecule has 2 fully saturated rings. The number of rotatable bonds is 1. The highest BCUT2D eigenvalue weighted by Gasteiger charge is 2.42. The predicted molar refractivity (Wildman–Crippen MR) is 50.2 cm³/mol. The summed E-state index contributed by atoms with van der Waals surface area (Å²) in [7, 11) is 0. The van der Waals surface area contributed by atoms with E-state index in [0.29, 0.717) is 11.5 Å². The minimum absolute atomic E-state index is 0.594. The van der Waals surface area contributed by atoms with Crippen molar-refractivity contribution in [2.45, 2.75) is 58.0 Å². The Morgan fingerprint density at radius 3 is 3.00 bits per heavy atom. The van der Waals surface area contributed by atoms with E-state index in [1.54, 1.807) is 0 Å². The average molecular weight is 168 g/mol. The molecular weight excluding hydrogens is 148 g/mol. The second-order valence-electron chi connectivity index (χ2n) is 4.42. The number of fused-ring (bicyclic) bond motifs is 1. The summed E-state index contributed by atoms with van der Waals surface area (Å²) in [6.07, 6.45) is 10.3. The molecule has 0 unspecified atom stereocenters. The van der Waals surface area contributed by atoms with Crippen LogP contribution in [-0.4, -0.2) is 12.7 Å². The van der Waals surface area contributed by atoms with Gasteiger partial charge < -0.3 is 4.74 Å². The van der Waals surface area contributed by atoms with Crippen molar-refractivity contribution in [3.8, 4) is 0 Å². The van der Waals surface area contributed by atoms with Crippen LogP contribution in [0, 0.1) is 5.41 Å². The predicted octanol–water partition coefficient (Wildman–Crippen LogP) is 3.14. The van der Waals surface area contributed by atoms with Gasteiger partial charge in [0.05, 0.1) is 6.10 Å². The van der Waals surface area contributed by atoms with Gasteiger partial charge in [0.1, 0.15) is 0 Å². The molecule has 1 aliphatic carbocycles. The van der Waals surface area contributed by atoms with Crippen molar-refractivity contribution in [1.29, 1.82) is 0 Å². The third kappa shape index (κ3) is 1.28. The molecule has 12 heavy (non-hydrogen) atoms. The van der Waals surface area contributed by atoms with Crippen LogP contribution in [0.3, 0.4) is 0 Å². The van der Waals surface area contributed by atoms with Crippen LogP contribution in [-0.2, 0) is 4.74 Å². The molecule has 0 N–H and O–H groups in total. The van der Waals surface area contributed by atoms with E-state index in [-0.39, 0.29) is 0 Å². The van der Waals surface area contributed by atoms with Crippen LogP contribution < -0.4 is 0 Å². The Morgan fingerprint density at radius 2 is 2.17 bits per heavy atom. The molecule has 0 bridgehead atoms. The Balaban J connectivity index is 2.11. The zero-order chi connectivity index (χ0) is 8.44. The molecule has 1 saturated carbocycles. The SMILES string of the molecule is CC[C@]12CCCCC[C@@H]1OCC2. The van der Waals surface area contributed by atoms with E-state index in [1.165, 1.54) is 44.9 Å². The fraction of sp³-hybridized carbons (Fsp3) is 1.00. The van der Waals surface area contributed by atoms with Gasteiger partial charge in [0.2, 0.25) is 0 Å². The van der Waals surface area contributed by atoms with E-state index < -0.39 is 0 Å². The minimum Gasteiger partial charge on any atom is -0.378 e. The Hall–Kier alpha value is -0.0400. The summed E-state index contributed by atoms with van der Waals surface area (Å²) in [6, 6.07) is 0. The van der Waals surface area contributed by atoms with E-state index in [0.717, 1.165) is 6.61 Å². The Kier molecular flexibility index (Phi) is 2.40. The Morgan fingerprint density at radius 1 is 1.25 bits per heavy atom. The van der Waals surface area contributed by atoms with Gasteiger partial charge >= 0.3 is 0 Å². The van der Waals surface area contributed by atoms with Crippen LogP contribution in [0.4, 0.5) is 0 Å². The van der Waals surface area contributed by atoms with Crippen LogP contribution in [0.2, 0.25) is 0 Å².